The van der Waals surface area contributed by atoms with E-state index >= 15 is 0 Å². The number of allylic oxidation sites excluding steroid dienone is 4. The van der Waals surface area contributed by atoms with Gasteiger partial charge in [-0.15, -0.1) is 0 Å². The number of carbonyl (C=O) groups is 2. The number of esters is 1. The first-order valence-electron chi connectivity index (χ1n) is 28.1. The number of carbonyl (C=O) groups excluding carboxylic acids is 2. The summed E-state index contributed by atoms with van der Waals surface area (Å²) in [5.74, 6) is -0.0489. The van der Waals surface area contributed by atoms with Gasteiger partial charge >= 0.3 is 5.97 Å². The maximum atomic E-state index is 12.5. The Morgan fingerprint density at radius 1 is 0.444 bits per heavy atom. The molecule has 6 nitrogen and oxygen atoms in total. The van der Waals surface area contributed by atoms with E-state index in [2.05, 4.69) is 43.5 Å². The fourth-order valence-electron chi connectivity index (χ4n) is 8.68. The van der Waals surface area contributed by atoms with E-state index in [0.29, 0.717) is 25.9 Å². The average Bonchev–Trinajstić information content (AvgIpc) is 3.28. The molecule has 1 amide bonds. The van der Waals surface area contributed by atoms with E-state index in [4.69, 9.17) is 4.74 Å². The third kappa shape index (κ3) is 49.6. The summed E-state index contributed by atoms with van der Waals surface area (Å²) in [6.45, 7) is 4.88. The maximum absolute atomic E-state index is 12.5. The summed E-state index contributed by atoms with van der Waals surface area (Å²) in [6.07, 6.45) is 63.0. The average molecular weight is 889 g/mol. The molecule has 372 valence electrons. The van der Waals surface area contributed by atoms with Crippen LogP contribution in [0.4, 0.5) is 0 Å². The maximum Gasteiger partial charge on any atom is 0.305 e. The number of ether oxygens (including phenoxy) is 1. The zero-order valence-electron chi connectivity index (χ0n) is 42.3. The lowest BCUT2D eigenvalue weighted by molar-refractivity contribution is -0.143. The Bertz CT molecular complexity index is 982. The highest BCUT2D eigenvalue weighted by molar-refractivity contribution is 5.76. The van der Waals surface area contributed by atoms with Gasteiger partial charge in [-0.2, -0.15) is 0 Å². The van der Waals surface area contributed by atoms with Crippen molar-refractivity contribution in [2.45, 2.75) is 315 Å². The molecule has 0 spiro atoms. The lowest BCUT2D eigenvalue weighted by Crippen LogP contribution is -2.45. The fourth-order valence-corrected chi connectivity index (χ4v) is 8.68. The molecule has 0 bridgehead atoms. The van der Waals surface area contributed by atoms with Crippen molar-refractivity contribution in [2.24, 2.45) is 0 Å². The van der Waals surface area contributed by atoms with Gasteiger partial charge in [0.15, 0.2) is 0 Å². The van der Waals surface area contributed by atoms with Gasteiger partial charge in [-0.25, -0.2) is 0 Å². The van der Waals surface area contributed by atoms with Crippen LogP contribution in [0.25, 0.3) is 0 Å². The highest BCUT2D eigenvalue weighted by atomic mass is 16.5. The lowest BCUT2D eigenvalue weighted by atomic mass is 10.0. The second-order valence-electron chi connectivity index (χ2n) is 19.3. The van der Waals surface area contributed by atoms with E-state index in [1.807, 2.05) is 0 Å². The van der Waals surface area contributed by atoms with Crippen LogP contribution in [0, 0.1) is 0 Å². The van der Waals surface area contributed by atoms with Crippen molar-refractivity contribution >= 4 is 11.9 Å². The molecule has 2 unspecified atom stereocenters. The molecule has 0 radical (unpaired) electrons. The monoisotopic (exact) mass is 888 g/mol. The van der Waals surface area contributed by atoms with Crippen LogP contribution in [-0.2, 0) is 14.3 Å². The molecule has 0 aliphatic carbocycles. The van der Waals surface area contributed by atoms with Crippen molar-refractivity contribution in [3.8, 4) is 0 Å². The lowest BCUT2D eigenvalue weighted by Gasteiger charge is -2.22. The summed E-state index contributed by atoms with van der Waals surface area (Å²) in [5.41, 5.74) is 0. The number of hydrogen-bond acceptors (Lipinski definition) is 5. The standard InChI is InChI=1S/C57H109NO5/c1-3-5-7-9-11-13-15-17-18-22-26-29-33-37-41-45-49-55(60)54(53-59)58-56(61)50-46-42-38-34-30-27-23-20-19-21-24-28-32-36-40-44-48-52-63-57(62)51-47-43-39-35-31-25-16-14-12-10-8-6-4-2/h8,10,14,16,54-55,59-60H,3-7,9,11-13,15,17-53H2,1-2H3,(H,58,61)/b10-8-,16-14-. The number of hydrogen-bond donors (Lipinski definition) is 3. The number of rotatable bonds is 52. The van der Waals surface area contributed by atoms with Crippen molar-refractivity contribution in [2.75, 3.05) is 13.2 Å². The molecule has 2 atom stereocenters. The van der Waals surface area contributed by atoms with Crippen molar-refractivity contribution in [1.29, 1.82) is 0 Å². The first kappa shape index (κ1) is 61.3. The largest absolute Gasteiger partial charge is 0.466 e. The van der Waals surface area contributed by atoms with E-state index in [9.17, 15) is 19.8 Å². The quantitative estimate of drug-likeness (QED) is 0.0321. The topological polar surface area (TPSA) is 95.9 Å². The van der Waals surface area contributed by atoms with Crippen LogP contribution in [0.1, 0.15) is 303 Å². The summed E-state index contributed by atoms with van der Waals surface area (Å²) < 4.78 is 5.46. The molecule has 63 heavy (non-hydrogen) atoms. The van der Waals surface area contributed by atoms with Gasteiger partial charge in [0.05, 0.1) is 25.4 Å². The van der Waals surface area contributed by atoms with Crippen LogP contribution in [0.2, 0.25) is 0 Å². The Morgan fingerprint density at radius 3 is 1.27 bits per heavy atom. The van der Waals surface area contributed by atoms with Gasteiger partial charge < -0.3 is 20.3 Å². The Morgan fingerprint density at radius 2 is 0.825 bits per heavy atom. The predicted molar refractivity (Wildman–Crippen MR) is 273 cm³/mol. The van der Waals surface area contributed by atoms with E-state index in [1.165, 1.54) is 218 Å². The van der Waals surface area contributed by atoms with E-state index in [1.54, 1.807) is 0 Å². The molecular formula is C57H109NO5. The molecule has 0 aliphatic heterocycles. The predicted octanol–water partition coefficient (Wildman–Crippen LogP) is 17.1. The minimum Gasteiger partial charge on any atom is -0.466 e. The highest BCUT2D eigenvalue weighted by Gasteiger charge is 2.20. The van der Waals surface area contributed by atoms with Crippen LogP contribution in [0.3, 0.4) is 0 Å². The van der Waals surface area contributed by atoms with E-state index < -0.39 is 12.1 Å². The number of nitrogens with one attached hydrogen (secondary N) is 1. The Kier molecular flexibility index (Phi) is 51.6. The second kappa shape index (κ2) is 53.0. The molecule has 6 heteroatoms. The summed E-state index contributed by atoms with van der Waals surface area (Å²) in [6, 6.07) is -0.545. The molecule has 0 saturated heterocycles. The minimum atomic E-state index is -0.668. The fraction of sp³-hybridized carbons (Fsp3) is 0.895. The van der Waals surface area contributed by atoms with Crippen molar-refractivity contribution < 1.29 is 24.5 Å². The van der Waals surface area contributed by atoms with Gasteiger partial charge in [0.2, 0.25) is 5.91 Å². The van der Waals surface area contributed by atoms with Crippen molar-refractivity contribution in [1.82, 2.24) is 5.32 Å². The SMILES string of the molecule is CCC/C=C\C/C=C\CCCCCCCC(=O)OCCCCCCCCCCCCCCCCCCCC(=O)NC(CO)C(O)CCCCCCCCCCCCCCCCCC. The summed E-state index contributed by atoms with van der Waals surface area (Å²) >= 11 is 0. The Balaban J connectivity index is 3.42. The first-order chi connectivity index (χ1) is 31.0. The van der Waals surface area contributed by atoms with Gasteiger partial charge in [0.25, 0.3) is 0 Å². The molecular weight excluding hydrogens is 779 g/mol. The normalized spacial score (nSPS) is 12.8. The van der Waals surface area contributed by atoms with E-state index in [0.717, 1.165) is 51.4 Å². The molecule has 0 aliphatic rings. The number of aliphatic hydroxyl groups is 2. The summed E-state index contributed by atoms with van der Waals surface area (Å²) in [5, 5.41) is 23.3. The van der Waals surface area contributed by atoms with Gasteiger partial charge in [-0.3, -0.25) is 9.59 Å². The molecule has 3 N–H and O–H groups in total. The first-order valence-corrected chi connectivity index (χ1v) is 28.1. The van der Waals surface area contributed by atoms with Gasteiger partial charge in [-0.05, 0) is 51.4 Å². The minimum absolute atomic E-state index is 0.00976. The van der Waals surface area contributed by atoms with Gasteiger partial charge in [-0.1, -0.05) is 263 Å². The van der Waals surface area contributed by atoms with Crippen LogP contribution in [0.15, 0.2) is 24.3 Å². The van der Waals surface area contributed by atoms with Crippen LogP contribution < -0.4 is 5.32 Å². The molecule has 0 heterocycles. The van der Waals surface area contributed by atoms with Crippen LogP contribution in [0.5, 0.6) is 0 Å². The smallest absolute Gasteiger partial charge is 0.305 e. The van der Waals surface area contributed by atoms with Gasteiger partial charge in [0.1, 0.15) is 0 Å². The third-order valence-corrected chi connectivity index (χ3v) is 13.0. The summed E-state index contributed by atoms with van der Waals surface area (Å²) in [7, 11) is 0. The van der Waals surface area contributed by atoms with Crippen molar-refractivity contribution in [3.63, 3.8) is 0 Å². The molecule has 0 rings (SSSR count). The molecule has 0 aromatic rings. The zero-order valence-corrected chi connectivity index (χ0v) is 42.3. The molecule has 0 aromatic carbocycles. The van der Waals surface area contributed by atoms with Crippen LogP contribution in [-0.4, -0.2) is 47.4 Å². The Hall–Kier alpha value is -1.66. The Labute approximate surface area is 392 Å². The van der Waals surface area contributed by atoms with E-state index in [-0.39, 0.29) is 18.5 Å². The molecule has 0 aromatic heterocycles. The van der Waals surface area contributed by atoms with Crippen LogP contribution >= 0.6 is 0 Å². The zero-order chi connectivity index (χ0) is 45.8. The van der Waals surface area contributed by atoms with Gasteiger partial charge in [0, 0.05) is 12.8 Å². The van der Waals surface area contributed by atoms with Crippen molar-refractivity contribution in [3.05, 3.63) is 24.3 Å². The highest BCUT2D eigenvalue weighted by Crippen LogP contribution is 2.17. The number of amides is 1. The second-order valence-corrected chi connectivity index (χ2v) is 19.3. The third-order valence-electron chi connectivity index (χ3n) is 13.0. The molecule has 0 saturated carbocycles. The summed E-state index contributed by atoms with van der Waals surface area (Å²) in [4.78, 5) is 24.5. The molecule has 0 fully saturated rings. The number of aliphatic hydroxyl groups excluding tert-OH is 2. The number of unbranched alkanes of at least 4 members (excludes halogenated alkanes) is 37.